The van der Waals surface area contributed by atoms with Gasteiger partial charge in [0.25, 0.3) is 0 Å². The molecule has 0 spiro atoms. The largest absolute Gasteiger partial charge is 0.350 e. The van der Waals surface area contributed by atoms with Crippen LogP contribution in [-0.4, -0.2) is 29.5 Å². The minimum Gasteiger partial charge on any atom is -0.350 e. The summed E-state index contributed by atoms with van der Waals surface area (Å²) in [7, 11) is 1.85. The zero-order chi connectivity index (χ0) is 18.0. The predicted octanol–water partition coefficient (Wildman–Crippen LogP) is 4.08. The van der Waals surface area contributed by atoms with Gasteiger partial charge >= 0.3 is 0 Å². The Labute approximate surface area is 155 Å². The second-order valence-electron chi connectivity index (χ2n) is 6.01. The fourth-order valence-corrected chi connectivity index (χ4v) is 3.05. The van der Waals surface area contributed by atoms with Crippen LogP contribution in [0.25, 0.3) is 10.9 Å². The van der Waals surface area contributed by atoms with Crippen LogP contribution in [-0.2, 0) is 4.79 Å². The normalized spacial score (nSPS) is 10.7. The number of rotatable bonds is 4. The van der Waals surface area contributed by atoms with Crippen LogP contribution in [0.4, 0.5) is 11.5 Å². The first-order valence-corrected chi connectivity index (χ1v) is 8.72. The summed E-state index contributed by atoms with van der Waals surface area (Å²) in [6.07, 6.45) is 1.52. The Kier molecular flexibility index (Phi) is 4.99. The highest BCUT2D eigenvalue weighted by Crippen LogP contribution is 2.25. The van der Waals surface area contributed by atoms with Gasteiger partial charge in [0.15, 0.2) is 0 Å². The van der Waals surface area contributed by atoms with Gasteiger partial charge in [0, 0.05) is 22.6 Å². The Morgan fingerprint density at radius 2 is 2.00 bits per heavy atom. The summed E-state index contributed by atoms with van der Waals surface area (Å²) in [5.74, 6) is 0.639. The van der Waals surface area contributed by atoms with Crippen molar-refractivity contribution in [2.45, 2.75) is 13.8 Å². The molecule has 0 bridgehead atoms. The molecule has 0 fully saturated rings. The molecule has 1 amide bonds. The van der Waals surface area contributed by atoms with E-state index in [-0.39, 0.29) is 12.5 Å². The maximum Gasteiger partial charge on any atom is 0.243 e. The minimum atomic E-state index is -0.0852. The van der Waals surface area contributed by atoms with Crippen LogP contribution in [0.5, 0.6) is 0 Å². The number of aromatic nitrogens is 2. The molecule has 0 atom stereocenters. The molecule has 0 aliphatic carbocycles. The number of anilines is 2. The lowest BCUT2D eigenvalue weighted by atomic mass is 10.1. The lowest BCUT2D eigenvalue weighted by molar-refractivity contribution is -0.114. The molecule has 5 nitrogen and oxygen atoms in total. The van der Waals surface area contributed by atoms with Crippen molar-refractivity contribution in [2.75, 3.05) is 23.8 Å². The number of nitrogens with one attached hydrogen (secondary N) is 1. The fraction of sp³-hybridized carbons (Fsp3) is 0.211. The summed E-state index contributed by atoms with van der Waals surface area (Å²) in [6.45, 7) is 4.23. The Balaban J connectivity index is 1.80. The molecule has 6 heteroatoms. The zero-order valence-corrected chi connectivity index (χ0v) is 16.0. The number of halogens is 1. The molecule has 3 rings (SSSR count). The standard InChI is InChI=1S/C19H19BrN4O/c1-12-5-4-6-16(13(12)2)23-18(25)10-24(3)19-15-9-14(20)7-8-17(15)21-11-22-19/h4-9,11H,10H2,1-3H3,(H,23,25). The maximum atomic E-state index is 12.5. The number of nitrogens with zero attached hydrogens (tertiary/aromatic N) is 3. The first-order valence-electron chi connectivity index (χ1n) is 7.93. The number of hydrogen-bond donors (Lipinski definition) is 1. The zero-order valence-electron chi connectivity index (χ0n) is 14.4. The summed E-state index contributed by atoms with van der Waals surface area (Å²) in [6, 6.07) is 11.7. The van der Waals surface area contributed by atoms with Crippen LogP contribution in [0.15, 0.2) is 47.2 Å². The molecule has 3 aromatic rings. The van der Waals surface area contributed by atoms with Gasteiger partial charge in [-0.05, 0) is 49.2 Å². The molecule has 25 heavy (non-hydrogen) atoms. The van der Waals surface area contributed by atoms with Gasteiger partial charge in [-0.25, -0.2) is 9.97 Å². The van der Waals surface area contributed by atoms with Gasteiger partial charge in [-0.2, -0.15) is 0 Å². The van der Waals surface area contributed by atoms with Crippen molar-refractivity contribution in [3.63, 3.8) is 0 Å². The van der Waals surface area contributed by atoms with Gasteiger partial charge in [0.1, 0.15) is 12.1 Å². The lowest BCUT2D eigenvalue weighted by Gasteiger charge is -2.19. The Hall–Kier alpha value is -2.47. The van der Waals surface area contributed by atoms with E-state index in [0.717, 1.165) is 38.0 Å². The van der Waals surface area contributed by atoms with Crippen LogP contribution in [0.2, 0.25) is 0 Å². The van der Waals surface area contributed by atoms with Crippen molar-refractivity contribution in [3.05, 3.63) is 58.3 Å². The van der Waals surface area contributed by atoms with E-state index >= 15 is 0 Å². The number of carbonyl (C=O) groups is 1. The number of hydrogen-bond acceptors (Lipinski definition) is 4. The van der Waals surface area contributed by atoms with E-state index in [2.05, 4.69) is 31.2 Å². The number of likely N-dealkylation sites (N-methyl/N-ethyl adjacent to an activating group) is 1. The van der Waals surface area contributed by atoms with Gasteiger partial charge in [-0.1, -0.05) is 28.1 Å². The van der Waals surface area contributed by atoms with Crippen molar-refractivity contribution in [1.82, 2.24) is 9.97 Å². The van der Waals surface area contributed by atoms with E-state index in [1.807, 2.05) is 62.2 Å². The van der Waals surface area contributed by atoms with Crippen molar-refractivity contribution in [1.29, 1.82) is 0 Å². The quantitative estimate of drug-likeness (QED) is 0.718. The van der Waals surface area contributed by atoms with Crippen LogP contribution < -0.4 is 10.2 Å². The highest BCUT2D eigenvalue weighted by atomic mass is 79.9. The van der Waals surface area contributed by atoms with Crippen molar-refractivity contribution >= 4 is 44.2 Å². The second-order valence-corrected chi connectivity index (χ2v) is 6.93. The first kappa shape index (κ1) is 17.4. The molecule has 1 N–H and O–H groups in total. The number of aryl methyl sites for hydroxylation is 1. The molecule has 1 aromatic heterocycles. The van der Waals surface area contributed by atoms with E-state index in [0.29, 0.717) is 0 Å². The monoisotopic (exact) mass is 398 g/mol. The molecular formula is C19H19BrN4O. The maximum absolute atomic E-state index is 12.5. The molecular weight excluding hydrogens is 380 g/mol. The first-order chi connectivity index (χ1) is 12.0. The highest BCUT2D eigenvalue weighted by Gasteiger charge is 2.13. The smallest absolute Gasteiger partial charge is 0.243 e. The third-order valence-electron chi connectivity index (χ3n) is 4.20. The summed E-state index contributed by atoms with van der Waals surface area (Å²) < 4.78 is 0.948. The second kappa shape index (κ2) is 7.19. The number of amides is 1. The van der Waals surface area contributed by atoms with Gasteiger partial charge in [-0.3, -0.25) is 4.79 Å². The molecule has 0 saturated carbocycles. The highest BCUT2D eigenvalue weighted by molar-refractivity contribution is 9.10. The fourth-order valence-electron chi connectivity index (χ4n) is 2.69. The topological polar surface area (TPSA) is 58.1 Å². The van der Waals surface area contributed by atoms with Crippen molar-refractivity contribution < 1.29 is 4.79 Å². The molecule has 2 aromatic carbocycles. The minimum absolute atomic E-state index is 0.0852. The average molecular weight is 399 g/mol. The molecule has 0 radical (unpaired) electrons. The van der Waals surface area contributed by atoms with Gasteiger partial charge < -0.3 is 10.2 Å². The number of carbonyl (C=O) groups excluding carboxylic acids is 1. The Bertz CT molecular complexity index is 942. The third kappa shape index (κ3) is 3.79. The van der Waals surface area contributed by atoms with Crippen LogP contribution in [0.1, 0.15) is 11.1 Å². The summed E-state index contributed by atoms with van der Waals surface area (Å²) in [5.41, 5.74) is 3.91. The third-order valence-corrected chi connectivity index (χ3v) is 4.69. The summed E-state index contributed by atoms with van der Waals surface area (Å²) in [5, 5.41) is 3.88. The van der Waals surface area contributed by atoms with E-state index < -0.39 is 0 Å². The van der Waals surface area contributed by atoms with E-state index in [1.54, 1.807) is 0 Å². The molecule has 0 aliphatic rings. The predicted molar refractivity (Wildman–Crippen MR) is 105 cm³/mol. The SMILES string of the molecule is Cc1cccc(NC(=O)CN(C)c2ncnc3ccc(Br)cc23)c1C. The van der Waals surface area contributed by atoms with Gasteiger partial charge in [0.2, 0.25) is 5.91 Å². The van der Waals surface area contributed by atoms with Crippen LogP contribution in [0.3, 0.4) is 0 Å². The molecule has 0 unspecified atom stereocenters. The molecule has 128 valence electrons. The number of fused-ring (bicyclic) bond motifs is 1. The Morgan fingerprint density at radius 3 is 2.80 bits per heavy atom. The van der Waals surface area contributed by atoms with Gasteiger partial charge in [0.05, 0.1) is 12.1 Å². The molecule has 1 heterocycles. The van der Waals surface area contributed by atoms with E-state index in [9.17, 15) is 4.79 Å². The van der Waals surface area contributed by atoms with Crippen molar-refractivity contribution in [3.8, 4) is 0 Å². The molecule has 0 saturated heterocycles. The van der Waals surface area contributed by atoms with Gasteiger partial charge in [-0.15, -0.1) is 0 Å². The Morgan fingerprint density at radius 1 is 1.20 bits per heavy atom. The summed E-state index contributed by atoms with van der Waals surface area (Å²) in [4.78, 5) is 22.9. The lowest BCUT2D eigenvalue weighted by Crippen LogP contribution is -2.31. The number of benzene rings is 2. The molecule has 0 aliphatic heterocycles. The van der Waals surface area contributed by atoms with E-state index in [1.165, 1.54) is 6.33 Å². The van der Waals surface area contributed by atoms with Crippen LogP contribution >= 0.6 is 15.9 Å². The van der Waals surface area contributed by atoms with Crippen molar-refractivity contribution in [2.24, 2.45) is 0 Å². The van der Waals surface area contributed by atoms with E-state index in [4.69, 9.17) is 0 Å². The van der Waals surface area contributed by atoms with Crippen LogP contribution in [0, 0.1) is 13.8 Å². The average Bonchev–Trinajstić information content (AvgIpc) is 2.58. The summed E-state index contributed by atoms with van der Waals surface area (Å²) >= 11 is 3.47.